The Kier molecular flexibility index (Phi) is 4.99. The first-order valence-corrected chi connectivity index (χ1v) is 7.42. The predicted molar refractivity (Wildman–Crippen MR) is 80.8 cm³/mol. The van der Waals surface area contributed by atoms with Crippen molar-refractivity contribution in [3.05, 3.63) is 35.4 Å². The van der Waals surface area contributed by atoms with Crippen LogP contribution in [0.15, 0.2) is 24.3 Å². The molecule has 1 amide bonds. The summed E-state index contributed by atoms with van der Waals surface area (Å²) in [6.07, 6.45) is 1.23. The monoisotopic (exact) mass is 289 g/mol. The number of benzene rings is 1. The minimum Gasteiger partial charge on any atom is -0.469 e. The predicted octanol–water partition coefficient (Wildman–Crippen LogP) is 2.20. The van der Waals surface area contributed by atoms with E-state index in [2.05, 4.69) is 24.3 Å². The average molecular weight is 289 g/mol. The summed E-state index contributed by atoms with van der Waals surface area (Å²) >= 11 is 0. The third kappa shape index (κ3) is 3.84. The van der Waals surface area contributed by atoms with Crippen LogP contribution in [0, 0.1) is 18.8 Å². The fourth-order valence-electron chi connectivity index (χ4n) is 2.79. The van der Waals surface area contributed by atoms with Gasteiger partial charge in [0.05, 0.1) is 13.0 Å². The highest BCUT2D eigenvalue weighted by atomic mass is 16.5. The van der Waals surface area contributed by atoms with Gasteiger partial charge in [-0.2, -0.15) is 0 Å². The van der Waals surface area contributed by atoms with Crippen LogP contribution >= 0.6 is 0 Å². The normalized spacial score (nSPS) is 21.4. The van der Waals surface area contributed by atoms with E-state index in [9.17, 15) is 9.59 Å². The lowest BCUT2D eigenvalue weighted by Gasteiger charge is -2.16. The maximum absolute atomic E-state index is 12.3. The molecule has 114 valence electrons. The molecule has 21 heavy (non-hydrogen) atoms. The Morgan fingerprint density at radius 3 is 2.52 bits per heavy atom. The second-order valence-electron chi connectivity index (χ2n) is 5.89. The SMILES string of the molecule is COC(=O)C1CN(C(=O)CCc2ccc(C)cc2)CC1C. The highest BCUT2D eigenvalue weighted by Gasteiger charge is 2.37. The molecule has 0 aromatic heterocycles. The van der Waals surface area contributed by atoms with Gasteiger partial charge in [0.15, 0.2) is 0 Å². The molecule has 1 saturated heterocycles. The van der Waals surface area contributed by atoms with E-state index in [1.807, 2.05) is 13.8 Å². The van der Waals surface area contributed by atoms with Crippen molar-refractivity contribution in [3.8, 4) is 0 Å². The van der Waals surface area contributed by atoms with E-state index in [0.29, 0.717) is 19.5 Å². The number of carbonyl (C=O) groups excluding carboxylic acids is 2. The van der Waals surface area contributed by atoms with Crippen molar-refractivity contribution >= 4 is 11.9 Å². The highest BCUT2D eigenvalue weighted by molar-refractivity contribution is 5.79. The summed E-state index contributed by atoms with van der Waals surface area (Å²) in [7, 11) is 1.40. The molecule has 0 radical (unpaired) electrons. The Labute approximate surface area is 126 Å². The van der Waals surface area contributed by atoms with Gasteiger partial charge in [-0.05, 0) is 24.8 Å². The number of ether oxygens (including phenoxy) is 1. The van der Waals surface area contributed by atoms with Crippen LogP contribution in [0.1, 0.15) is 24.5 Å². The molecule has 4 nitrogen and oxygen atoms in total. The van der Waals surface area contributed by atoms with E-state index >= 15 is 0 Å². The average Bonchev–Trinajstić information content (AvgIpc) is 2.87. The van der Waals surface area contributed by atoms with E-state index < -0.39 is 0 Å². The van der Waals surface area contributed by atoms with Crippen LogP contribution in [0.2, 0.25) is 0 Å². The van der Waals surface area contributed by atoms with E-state index in [4.69, 9.17) is 4.74 Å². The quantitative estimate of drug-likeness (QED) is 0.798. The zero-order valence-corrected chi connectivity index (χ0v) is 13.0. The Balaban J connectivity index is 1.87. The number of aryl methyl sites for hydroxylation is 2. The third-order valence-corrected chi connectivity index (χ3v) is 4.22. The first-order valence-electron chi connectivity index (χ1n) is 7.42. The lowest BCUT2D eigenvalue weighted by molar-refractivity contribution is -0.146. The smallest absolute Gasteiger partial charge is 0.310 e. The second kappa shape index (κ2) is 6.74. The lowest BCUT2D eigenvalue weighted by atomic mass is 9.99. The van der Waals surface area contributed by atoms with Crippen molar-refractivity contribution in [3.63, 3.8) is 0 Å². The number of hydrogen-bond donors (Lipinski definition) is 0. The first-order chi connectivity index (χ1) is 10.0. The largest absolute Gasteiger partial charge is 0.469 e. The van der Waals surface area contributed by atoms with Crippen molar-refractivity contribution in [2.24, 2.45) is 11.8 Å². The molecule has 2 rings (SSSR count). The molecule has 1 heterocycles. The molecular formula is C17H23NO3. The van der Waals surface area contributed by atoms with Crippen molar-refractivity contribution in [1.29, 1.82) is 0 Å². The number of methoxy groups -OCH3 is 1. The first kappa shape index (κ1) is 15.5. The standard InChI is InChI=1S/C17H23NO3/c1-12-4-6-14(7-5-12)8-9-16(19)18-10-13(2)15(11-18)17(20)21-3/h4-7,13,15H,8-11H2,1-3H3. The molecule has 0 bridgehead atoms. The summed E-state index contributed by atoms with van der Waals surface area (Å²) in [6, 6.07) is 8.25. The fraction of sp³-hybridized carbons (Fsp3) is 0.529. The van der Waals surface area contributed by atoms with Gasteiger partial charge >= 0.3 is 5.97 Å². The number of nitrogens with zero attached hydrogens (tertiary/aromatic N) is 1. The summed E-state index contributed by atoms with van der Waals surface area (Å²) in [5, 5.41) is 0. The van der Waals surface area contributed by atoms with Crippen LogP contribution in [0.4, 0.5) is 0 Å². The Hall–Kier alpha value is -1.84. The lowest BCUT2D eigenvalue weighted by Crippen LogP contribution is -2.30. The molecule has 4 heteroatoms. The van der Waals surface area contributed by atoms with E-state index in [1.165, 1.54) is 18.2 Å². The van der Waals surface area contributed by atoms with Gasteiger partial charge in [0.1, 0.15) is 0 Å². The van der Waals surface area contributed by atoms with Gasteiger partial charge in [0.2, 0.25) is 5.91 Å². The summed E-state index contributed by atoms with van der Waals surface area (Å²) in [6.45, 7) is 5.18. The summed E-state index contributed by atoms with van der Waals surface area (Å²) < 4.78 is 4.80. The van der Waals surface area contributed by atoms with Crippen LogP contribution < -0.4 is 0 Å². The number of amides is 1. The number of likely N-dealkylation sites (tertiary alicyclic amines) is 1. The van der Waals surface area contributed by atoms with Gasteiger partial charge in [-0.25, -0.2) is 0 Å². The van der Waals surface area contributed by atoms with Crippen molar-refractivity contribution in [2.75, 3.05) is 20.2 Å². The van der Waals surface area contributed by atoms with E-state index in [0.717, 1.165) is 6.42 Å². The highest BCUT2D eigenvalue weighted by Crippen LogP contribution is 2.24. The molecule has 1 aromatic carbocycles. The van der Waals surface area contributed by atoms with E-state index in [1.54, 1.807) is 4.90 Å². The molecule has 1 aliphatic rings. The molecule has 2 unspecified atom stereocenters. The van der Waals surface area contributed by atoms with Crippen molar-refractivity contribution < 1.29 is 14.3 Å². The van der Waals surface area contributed by atoms with Crippen LogP contribution in [0.25, 0.3) is 0 Å². The Bertz CT molecular complexity index is 509. The van der Waals surface area contributed by atoms with Crippen LogP contribution in [-0.4, -0.2) is 37.0 Å². The molecule has 0 N–H and O–H groups in total. The number of hydrogen-bond acceptors (Lipinski definition) is 3. The molecule has 1 aromatic rings. The van der Waals surface area contributed by atoms with Gasteiger partial charge < -0.3 is 9.64 Å². The molecule has 0 spiro atoms. The summed E-state index contributed by atoms with van der Waals surface area (Å²) in [5.41, 5.74) is 2.39. The zero-order valence-electron chi connectivity index (χ0n) is 13.0. The van der Waals surface area contributed by atoms with Crippen molar-refractivity contribution in [2.45, 2.75) is 26.7 Å². The van der Waals surface area contributed by atoms with Gasteiger partial charge in [-0.15, -0.1) is 0 Å². The summed E-state index contributed by atoms with van der Waals surface area (Å²) in [4.78, 5) is 25.7. The molecule has 0 saturated carbocycles. The van der Waals surface area contributed by atoms with Gasteiger partial charge in [0, 0.05) is 19.5 Å². The second-order valence-corrected chi connectivity index (χ2v) is 5.89. The molecule has 1 aliphatic heterocycles. The number of rotatable bonds is 4. The number of esters is 1. The van der Waals surface area contributed by atoms with Crippen LogP contribution in [0.3, 0.4) is 0 Å². The van der Waals surface area contributed by atoms with Gasteiger partial charge in [0.25, 0.3) is 0 Å². The Morgan fingerprint density at radius 2 is 1.90 bits per heavy atom. The minimum absolute atomic E-state index is 0.119. The third-order valence-electron chi connectivity index (χ3n) is 4.22. The Morgan fingerprint density at radius 1 is 1.24 bits per heavy atom. The van der Waals surface area contributed by atoms with Crippen molar-refractivity contribution in [1.82, 2.24) is 4.90 Å². The zero-order chi connectivity index (χ0) is 15.4. The summed E-state index contributed by atoms with van der Waals surface area (Å²) in [5.74, 6) is -0.107. The molecule has 1 fully saturated rings. The minimum atomic E-state index is -0.212. The van der Waals surface area contributed by atoms with E-state index in [-0.39, 0.29) is 23.7 Å². The molecule has 2 atom stereocenters. The maximum atomic E-state index is 12.3. The maximum Gasteiger partial charge on any atom is 0.310 e. The molecule has 0 aliphatic carbocycles. The topological polar surface area (TPSA) is 46.6 Å². The van der Waals surface area contributed by atoms with Gasteiger partial charge in [-0.3, -0.25) is 9.59 Å². The molecular weight excluding hydrogens is 266 g/mol. The van der Waals surface area contributed by atoms with Gasteiger partial charge in [-0.1, -0.05) is 36.8 Å². The van der Waals surface area contributed by atoms with Crippen LogP contribution in [-0.2, 0) is 20.7 Å². The number of carbonyl (C=O) groups is 2. The van der Waals surface area contributed by atoms with Crippen LogP contribution in [0.5, 0.6) is 0 Å². The fourth-order valence-corrected chi connectivity index (χ4v) is 2.79.